The molecule has 10 nitrogen and oxygen atoms in total. The molecule has 0 unspecified atom stereocenters. The molecule has 10 aromatic rings. The van der Waals surface area contributed by atoms with E-state index in [-0.39, 0.29) is 120 Å². The Morgan fingerprint density at radius 1 is 0.232 bits per heavy atom. The second-order valence-electron chi connectivity index (χ2n) is 33.9. The van der Waals surface area contributed by atoms with Crippen molar-refractivity contribution >= 4 is 0 Å². The third kappa shape index (κ3) is 16.7. The van der Waals surface area contributed by atoms with Crippen molar-refractivity contribution in [3.05, 3.63) is 202 Å². The number of alkyl halides is 6. The fourth-order valence-corrected chi connectivity index (χ4v) is 11.8. The minimum Gasteiger partial charge on any atom is -0.289 e. The Hall–Kier alpha value is -8.02. The predicted octanol–water partition coefficient (Wildman–Crippen LogP) is 22.5. The fraction of sp³-hybridized carbons (Fsp3) is 0.415. The number of rotatable bonds is 8. The Labute approximate surface area is 595 Å². The molecular formula is C82H96F6N10Os+2. The molecule has 10 rings (SSSR count). The van der Waals surface area contributed by atoms with Crippen LogP contribution in [-0.4, -0.2) is 49.0 Å². The van der Waals surface area contributed by atoms with Crippen LogP contribution in [0.2, 0.25) is 0 Å². The largest absolute Gasteiger partial charge is 2.00 e. The molecule has 0 N–H and O–H groups in total. The monoisotopic (exact) mass is 1530 g/mol. The molecule has 0 atom stereocenters. The van der Waals surface area contributed by atoms with Crippen LogP contribution in [0, 0.1) is 0 Å². The van der Waals surface area contributed by atoms with E-state index >= 15 is 26.3 Å². The maximum absolute atomic E-state index is 16.0. The van der Waals surface area contributed by atoms with Gasteiger partial charge in [0.2, 0.25) is 0 Å². The van der Waals surface area contributed by atoms with Crippen LogP contribution in [0.3, 0.4) is 0 Å². The summed E-state index contributed by atoms with van der Waals surface area (Å²) in [5, 5.41) is 0. The molecule has 10 aromatic heterocycles. The van der Waals surface area contributed by atoms with E-state index < -0.39 is 23.5 Å². The molecule has 0 radical (unpaired) electrons. The van der Waals surface area contributed by atoms with Crippen molar-refractivity contribution in [3.63, 3.8) is 0 Å². The van der Waals surface area contributed by atoms with Crippen molar-refractivity contribution in [3.8, 4) is 79.7 Å². The zero-order chi connectivity index (χ0) is 72.6. The number of halogens is 6. The van der Waals surface area contributed by atoms with Gasteiger partial charge in [0, 0.05) is 60.7 Å². The number of pyridine rings is 8. The van der Waals surface area contributed by atoms with Crippen molar-refractivity contribution in [2.24, 2.45) is 0 Å². The predicted molar refractivity (Wildman–Crippen MR) is 386 cm³/mol. The number of hydrogen-bond donors (Lipinski definition) is 0. The fourth-order valence-electron chi connectivity index (χ4n) is 11.8. The summed E-state index contributed by atoms with van der Waals surface area (Å²) >= 11 is 0. The zero-order valence-corrected chi connectivity index (χ0v) is 64.5. The van der Waals surface area contributed by atoms with Crippen molar-refractivity contribution in [2.75, 3.05) is 0 Å². The van der Waals surface area contributed by atoms with Gasteiger partial charge in [-0.25, -0.2) is 9.97 Å². The van der Waals surface area contributed by atoms with E-state index in [9.17, 15) is 0 Å². The summed E-state index contributed by atoms with van der Waals surface area (Å²) in [6.45, 7) is 49.3. The van der Waals surface area contributed by atoms with Gasteiger partial charge in [-0.3, -0.25) is 39.0 Å². The summed E-state index contributed by atoms with van der Waals surface area (Å²) < 4.78 is 99.2. The van der Waals surface area contributed by atoms with E-state index in [0.29, 0.717) is 23.0 Å². The molecule has 0 bridgehead atoms. The number of nitrogens with zero attached hydrogens (tertiary/aromatic N) is 10. The Morgan fingerprint density at radius 2 is 0.404 bits per heavy atom. The molecule has 99 heavy (non-hydrogen) atoms. The van der Waals surface area contributed by atoms with Crippen LogP contribution in [0.1, 0.15) is 222 Å². The van der Waals surface area contributed by atoms with Gasteiger partial charge in [0.25, 0.3) is 0 Å². The van der Waals surface area contributed by atoms with Crippen LogP contribution in [0.25, 0.3) is 79.7 Å². The first-order valence-electron chi connectivity index (χ1n) is 33.4. The molecule has 0 aromatic carbocycles. The first kappa shape index (κ1) is 76.7. The summed E-state index contributed by atoms with van der Waals surface area (Å²) in [5.74, 6) is 0.680. The van der Waals surface area contributed by atoms with Gasteiger partial charge >= 0.3 is 32.1 Å². The third-order valence-electron chi connectivity index (χ3n) is 17.8. The molecule has 0 aliphatic heterocycles. The SMILES string of the molecule is CC(C)(C)c1ccnc(-c2c(C(F)(F)F)c(-c3cc(C(C)(C)C)ccn3)n(-c3cc(C(C)(C)C)ccn3)c2-c2cc(C(C)(C)C)ccn2)c1.CC(C)(C)c1ccnc(-c2c(C(F)(F)F)c(-c3cc(C(C)(C)C)ccn3)n(-c3cc(C(C)(C)C)ccn3)c2-c2cc(C(C)(C)C)ccn2)c1.[Os+2]. The summed E-state index contributed by atoms with van der Waals surface area (Å²) in [6, 6.07) is 29.6. The average Bonchev–Trinajstić information content (AvgIpc) is 1.57. The number of hydrogen-bond acceptors (Lipinski definition) is 8. The van der Waals surface area contributed by atoms with Gasteiger partial charge in [-0.2, -0.15) is 26.3 Å². The van der Waals surface area contributed by atoms with Crippen LogP contribution in [-0.2, 0) is 75.5 Å². The second kappa shape index (κ2) is 27.2. The Morgan fingerprint density at radius 3 is 0.606 bits per heavy atom. The molecule has 17 heteroatoms. The molecule has 0 amide bonds. The maximum Gasteiger partial charge on any atom is 2.00 e. The molecule has 0 spiro atoms. The molecule has 0 saturated carbocycles. The topological polar surface area (TPSA) is 113 Å². The van der Waals surface area contributed by atoms with Gasteiger partial charge < -0.3 is 0 Å². The average molecular weight is 1530 g/mol. The van der Waals surface area contributed by atoms with Gasteiger partial charge in [0.15, 0.2) is 0 Å². The molecule has 0 fully saturated rings. The Bertz CT molecular complexity index is 4010. The summed E-state index contributed by atoms with van der Waals surface area (Å²) in [6.07, 6.45) is 3.41. The van der Waals surface area contributed by atoms with Crippen LogP contribution in [0.4, 0.5) is 26.3 Å². The minimum atomic E-state index is -4.80. The van der Waals surface area contributed by atoms with Crippen LogP contribution < -0.4 is 0 Å². The Kier molecular flexibility index (Phi) is 21.0. The molecule has 0 saturated heterocycles. The van der Waals surface area contributed by atoms with Crippen molar-refractivity contribution in [2.45, 2.75) is 222 Å². The number of aromatic nitrogens is 10. The minimum absolute atomic E-state index is 0. The van der Waals surface area contributed by atoms with E-state index in [1.54, 1.807) is 83.0 Å². The Balaban J connectivity index is 0.000000250. The smallest absolute Gasteiger partial charge is 0.289 e. The maximum atomic E-state index is 16.0. The normalized spacial score (nSPS) is 13.1. The quantitative estimate of drug-likeness (QED) is 0.138. The van der Waals surface area contributed by atoms with Gasteiger partial charge in [-0.1, -0.05) is 166 Å². The van der Waals surface area contributed by atoms with E-state index in [2.05, 4.69) is 103 Å². The van der Waals surface area contributed by atoms with Gasteiger partial charge in [-0.15, -0.1) is 0 Å². The van der Waals surface area contributed by atoms with E-state index in [0.717, 1.165) is 44.5 Å². The van der Waals surface area contributed by atoms with Crippen LogP contribution >= 0.6 is 0 Å². The van der Waals surface area contributed by atoms with Crippen molar-refractivity contribution in [1.29, 1.82) is 0 Å². The summed E-state index contributed by atoms with van der Waals surface area (Å²) in [4.78, 5) is 37.5. The molecule has 0 aliphatic rings. The van der Waals surface area contributed by atoms with Crippen LogP contribution in [0.5, 0.6) is 0 Å². The van der Waals surface area contributed by atoms with E-state index in [1.807, 2.05) is 156 Å². The van der Waals surface area contributed by atoms with Crippen molar-refractivity contribution in [1.82, 2.24) is 49.0 Å². The van der Waals surface area contributed by atoms with Crippen LogP contribution in [0.15, 0.2) is 147 Å². The summed E-state index contributed by atoms with van der Waals surface area (Å²) in [7, 11) is 0. The van der Waals surface area contributed by atoms with Gasteiger partial charge in [0.05, 0.1) is 68.1 Å². The first-order chi connectivity index (χ1) is 45.0. The molecule has 522 valence electrons. The summed E-state index contributed by atoms with van der Waals surface area (Å²) in [5.41, 5.74) is 4.76. The standard InChI is InChI=1S/2C41H48F3N5.Os/c2*1-37(2,3)25-13-17-45-29(21-25)33-34(41(42,43)44)36(31-23-27(15-19-47-31)39(7,8)9)49(32-24-28(16-20-48-32)40(10,11)12)35(33)30-22-26(14-18-46-30)38(4,5)6;/h2*13-24H,1-12H3;/q;;+2. The van der Waals surface area contributed by atoms with Gasteiger partial charge in [-0.05, 0) is 185 Å². The second-order valence-corrected chi connectivity index (χ2v) is 33.9. The van der Waals surface area contributed by atoms with Crippen molar-refractivity contribution < 1.29 is 46.1 Å². The zero-order valence-electron chi connectivity index (χ0n) is 61.9. The van der Waals surface area contributed by atoms with E-state index in [1.165, 1.54) is 0 Å². The third-order valence-corrected chi connectivity index (χ3v) is 17.8. The van der Waals surface area contributed by atoms with Gasteiger partial charge in [0.1, 0.15) is 11.6 Å². The molecule has 0 aliphatic carbocycles. The first-order valence-corrected chi connectivity index (χ1v) is 33.4. The molecular weight excluding hydrogens is 1430 g/mol. The molecule has 10 heterocycles. The van der Waals surface area contributed by atoms with E-state index in [4.69, 9.17) is 19.9 Å².